The van der Waals surface area contributed by atoms with Crippen molar-refractivity contribution in [3.8, 4) is 5.75 Å². The maximum atomic E-state index is 12.2. The fraction of sp³-hybridized carbons (Fsp3) is 0.429. The van der Waals surface area contributed by atoms with Crippen LogP contribution in [0.2, 0.25) is 10.0 Å². The van der Waals surface area contributed by atoms with Crippen molar-refractivity contribution in [1.29, 1.82) is 0 Å². The van der Waals surface area contributed by atoms with Crippen LogP contribution < -0.4 is 4.74 Å². The summed E-state index contributed by atoms with van der Waals surface area (Å²) >= 11 is 11.7. The summed E-state index contributed by atoms with van der Waals surface area (Å²) in [6.07, 6.45) is -0.0246. The number of likely N-dealkylation sites (tertiary alicyclic amines) is 1. The lowest BCUT2D eigenvalue weighted by Gasteiger charge is -2.21. The largest absolute Gasteiger partial charge is 0.482 e. The van der Waals surface area contributed by atoms with Gasteiger partial charge in [-0.25, -0.2) is 4.79 Å². The van der Waals surface area contributed by atoms with Gasteiger partial charge in [0.1, 0.15) is 11.8 Å². The molecule has 0 aliphatic carbocycles. The van der Waals surface area contributed by atoms with Gasteiger partial charge in [0.25, 0.3) is 5.91 Å². The third kappa shape index (κ3) is 3.82. The Labute approximate surface area is 137 Å². The van der Waals surface area contributed by atoms with Gasteiger partial charge in [0.05, 0.1) is 11.1 Å². The number of methoxy groups -OCH3 is 1. The van der Waals surface area contributed by atoms with E-state index in [0.29, 0.717) is 10.8 Å². The number of hydrogen-bond donors (Lipinski definition) is 1. The zero-order chi connectivity index (χ0) is 16.3. The molecular weight excluding hydrogens is 333 g/mol. The predicted octanol–water partition coefficient (Wildman–Crippen LogP) is 2.07. The van der Waals surface area contributed by atoms with Crippen LogP contribution in [0, 0.1) is 0 Å². The Balaban J connectivity index is 2.00. The smallest absolute Gasteiger partial charge is 0.326 e. The van der Waals surface area contributed by atoms with Crippen molar-refractivity contribution in [2.75, 3.05) is 20.3 Å². The van der Waals surface area contributed by atoms with Crippen LogP contribution in [0.5, 0.6) is 5.75 Å². The van der Waals surface area contributed by atoms with Crippen molar-refractivity contribution in [2.45, 2.75) is 18.6 Å². The Morgan fingerprint density at radius 1 is 1.41 bits per heavy atom. The summed E-state index contributed by atoms with van der Waals surface area (Å²) in [5.41, 5.74) is 0. The lowest BCUT2D eigenvalue weighted by Crippen LogP contribution is -2.43. The molecule has 1 amide bonds. The van der Waals surface area contributed by atoms with Crippen LogP contribution in [0.1, 0.15) is 6.42 Å². The van der Waals surface area contributed by atoms with E-state index in [9.17, 15) is 14.7 Å². The molecule has 0 spiro atoms. The van der Waals surface area contributed by atoms with Crippen LogP contribution in [-0.4, -0.2) is 54.3 Å². The van der Waals surface area contributed by atoms with Crippen molar-refractivity contribution in [3.05, 3.63) is 28.2 Å². The van der Waals surface area contributed by atoms with E-state index in [1.54, 1.807) is 12.1 Å². The molecule has 0 aromatic heterocycles. The average molecular weight is 348 g/mol. The number of carbonyl (C=O) groups excluding carboxylic acids is 1. The first-order valence-electron chi connectivity index (χ1n) is 6.55. The highest BCUT2D eigenvalue weighted by molar-refractivity contribution is 6.35. The van der Waals surface area contributed by atoms with E-state index in [0.717, 1.165) is 0 Å². The Hall–Kier alpha value is -1.50. The average Bonchev–Trinajstić information content (AvgIpc) is 2.90. The summed E-state index contributed by atoms with van der Waals surface area (Å²) in [5, 5.41) is 9.92. The van der Waals surface area contributed by atoms with Crippen LogP contribution in [0.4, 0.5) is 0 Å². The molecule has 0 saturated carbocycles. The molecule has 1 aliphatic rings. The van der Waals surface area contributed by atoms with Gasteiger partial charge in [-0.1, -0.05) is 23.2 Å². The van der Waals surface area contributed by atoms with E-state index in [-0.39, 0.29) is 30.7 Å². The maximum Gasteiger partial charge on any atom is 0.326 e. The molecule has 120 valence electrons. The van der Waals surface area contributed by atoms with Gasteiger partial charge in [0.15, 0.2) is 6.61 Å². The molecule has 1 aliphatic heterocycles. The molecule has 1 aromatic carbocycles. The van der Waals surface area contributed by atoms with Gasteiger partial charge >= 0.3 is 5.97 Å². The van der Waals surface area contributed by atoms with Gasteiger partial charge in [-0.05, 0) is 18.2 Å². The Morgan fingerprint density at radius 2 is 2.14 bits per heavy atom. The maximum absolute atomic E-state index is 12.2. The van der Waals surface area contributed by atoms with Crippen LogP contribution in [0.25, 0.3) is 0 Å². The van der Waals surface area contributed by atoms with Crippen molar-refractivity contribution >= 4 is 35.1 Å². The zero-order valence-corrected chi connectivity index (χ0v) is 13.3. The fourth-order valence-electron chi connectivity index (χ4n) is 2.29. The quantitative estimate of drug-likeness (QED) is 0.882. The Bertz CT molecular complexity index is 580. The first-order valence-corrected chi connectivity index (χ1v) is 7.31. The third-order valence-electron chi connectivity index (χ3n) is 3.45. The van der Waals surface area contributed by atoms with Crippen molar-refractivity contribution < 1.29 is 24.2 Å². The van der Waals surface area contributed by atoms with E-state index < -0.39 is 17.9 Å². The summed E-state index contributed by atoms with van der Waals surface area (Å²) in [4.78, 5) is 24.7. The van der Waals surface area contributed by atoms with Crippen LogP contribution in [0.15, 0.2) is 18.2 Å². The van der Waals surface area contributed by atoms with Gasteiger partial charge in [0.2, 0.25) is 0 Å². The number of amides is 1. The second-order valence-corrected chi connectivity index (χ2v) is 5.70. The molecule has 2 rings (SSSR count). The highest BCUT2D eigenvalue weighted by atomic mass is 35.5. The van der Waals surface area contributed by atoms with Gasteiger partial charge in [-0.3, -0.25) is 4.79 Å². The summed E-state index contributed by atoms with van der Waals surface area (Å²) in [6, 6.07) is 3.74. The Kier molecular flexibility index (Phi) is 5.50. The molecule has 1 saturated heterocycles. The topological polar surface area (TPSA) is 76.1 Å². The Morgan fingerprint density at radius 3 is 2.73 bits per heavy atom. The second-order valence-electron chi connectivity index (χ2n) is 4.86. The monoisotopic (exact) mass is 347 g/mol. The fourth-order valence-corrected chi connectivity index (χ4v) is 2.76. The van der Waals surface area contributed by atoms with Gasteiger partial charge < -0.3 is 19.5 Å². The summed E-state index contributed by atoms with van der Waals surface area (Å²) in [6.45, 7) is -0.0778. The molecule has 1 fully saturated rings. The molecule has 8 heteroatoms. The number of aliphatic carboxylic acids is 1. The van der Waals surface area contributed by atoms with E-state index >= 15 is 0 Å². The number of nitrogens with zero attached hydrogens (tertiary/aromatic N) is 1. The van der Waals surface area contributed by atoms with Crippen molar-refractivity contribution in [1.82, 2.24) is 4.90 Å². The molecule has 2 atom stereocenters. The second kappa shape index (κ2) is 7.17. The number of hydrogen-bond acceptors (Lipinski definition) is 4. The van der Waals surface area contributed by atoms with E-state index in [2.05, 4.69) is 0 Å². The number of carboxylic acids is 1. The van der Waals surface area contributed by atoms with Crippen LogP contribution >= 0.6 is 23.2 Å². The minimum Gasteiger partial charge on any atom is -0.482 e. The van der Waals surface area contributed by atoms with Crippen molar-refractivity contribution in [2.24, 2.45) is 0 Å². The van der Waals surface area contributed by atoms with Crippen LogP contribution in [-0.2, 0) is 14.3 Å². The molecule has 22 heavy (non-hydrogen) atoms. The molecular formula is C14H15Cl2NO5. The summed E-state index contributed by atoms with van der Waals surface area (Å²) in [7, 11) is 1.49. The van der Waals surface area contributed by atoms with Crippen molar-refractivity contribution in [3.63, 3.8) is 0 Å². The minimum absolute atomic E-state index is 0.226. The molecule has 1 heterocycles. The SMILES string of the molecule is COC1CC(C(=O)O)N(C(=O)COc2ccc(Cl)cc2Cl)C1. The summed E-state index contributed by atoms with van der Waals surface area (Å²) in [5.74, 6) is -1.18. The van der Waals surface area contributed by atoms with Gasteiger partial charge in [-0.15, -0.1) is 0 Å². The van der Waals surface area contributed by atoms with E-state index in [1.165, 1.54) is 18.1 Å². The molecule has 2 unspecified atom stereocenters. The van der Waals surface area contributed by atoms with E-state index in [1.807, 2.05) is 0 Å². The lowest BCUT2D eigenvalue weighted by atomic mass is 10.2. The highest BCUT2D eigenvalue weighted by Crippen LogP contribution is 2.28. The number of rotatable bonds is 5. The number of carboxylic acid groups (broad SMARTS) is 1. The molecule has 1 aromatic rings. The van der Waals surface area contributed by atoms with Crippen LogP contribution in [0.3, 0.4) is 0 Å². The van der Waals surface area contributed by atoms with E-state index in [4.69, 9.17) is 32.7 Å². The first kappa shape index (κ1) is 16.9. The zero-order valence-electron chi connectivity index (χ0n) is 11.8. The number of halogens is 2. The predicted molar refractivity (Wildman–Crippen MR) is 80.5 cm³/mol. The molecule has 1 N–H and O–H groups in total. The minimum atomic E-state index is -1.06. The summed E-state index contributed by atoms with van der Waals surface area (Å²) < 4.78 is 10.5. The number of ether oxygens (including phenoxy) is 2. The first-order chi connectivity index (χ1) is 10.4. The number of carbonyl (C=O) groups is 2. The normalized spacial score (nSPS) is 21.0. The third-order valence-corrected chi connectivity index (χ3v) is 3.98. The molecule has 0 bridgehead atoms. The van der Waals surface area contributed by atoms with Gasteiger partial charge in [-0.2, -0.15) is 0 Å². The number of benzene rings is 1. The lowest BCUT2D eigenvalue weighted by molar-refractivity contribution is -0.148. The highest BCUT2D eigenvalue weighted by Gasteiger charge is 2.39. The molecule has 0 radical (unpaired) electrons. The van der Waals surface area contributed by atoms with Gasteiger partial charge in [0, 0.05) is 25.1 Å². The molecule has 6 nitrogen and oxygen atoms in total. The standard InChI is InChI=1S/C14H15Cl2NO5/c1-21-9-5-11(14(19)20)17(6-9)13(18)7-22-12-3-2-8(15)4-10(12)16/h2-4,9,11H,5-7H2,1H3,(H,19,20).